The molecule has 1 aromatic carbocycles. The zero-order valence-corrected chi connectivity index (χ0v) is 17.3. The van der Waals surface area contributed by atoms with Gasteiger partial charge in [0.15, 0.2) is 0 Å². The van der Waals surface area contributed by atoms with Gasteiger partial charge in [0.2, 0.25) is 0 Å². The highest BCUT2D eigenvalue weighted by atomic mass is 16.5. The Kier molecular flexibility index (Phi) is 9.44. The van der Waals surface area contributed by atoms with E-state index in [-0.39, 0.29) is 0 Å². The van der Waals surface area contributed by atoms with Crippen molar-refractivity contribution in [3.05, 3.63) is 29.8 Å². The van der Waals surface area contributed by atoms with E-state index in [0.29, 0.717) is 6.04 Å². The summed E-state index contributed by atoms with van der Waals surface area (Å²) in [6.07, 6.45) is 6.43. The van der Waals surface area contributed by atoms with Gasteiger partial charge in [-0.15, -0.1) is 0 Å². The Morgan fingerprint density at radius 1 is 1.19 bits per heavy atom. The second-order valence-electron chi connectivity index (χ2n) is 7.98. The van der Waals surface area contributed by atoms with Crippen molar-refractivity contribution in [3.63, 3.8) is 0 Å². The third-order valence-electron chi connectivity index (χ3n) is 5.41. The lowest BCUT2D eigenvalue weighted by Crippen LogP contribution is -2.39. The largest absolute Gasteiger partial charge is 0.494 e. The fourth-order valence-corrected chi connectivity index (χ4v) is 3.63. The molecule has 0 amide bonds. The molecule has 2 unspecified atom stereocenters. The van der Waals surface area contributed by atoms with Gasteiger partial charge in [-0.25, -0.2) is 0 Å². The van der Waals surface area contributed by atoms with Gasteiger partial charge in [-0.3, -0.25) is 0 Å². The predicted octanol–water partition coefficient (Wildman–Crippen LogP) is 3.93. The van der Waals surface area contributed by atoms with E-state index in [9.17, 15) is 0 Å². The second-order valence-corrected chi connectivity index (χ2v) is 7.98. The first-order valence-corrected chi connectivity index (χ1v) is 10.4. The minimum Gasteiger partial charge on any atom is -0.494 e. The summed E-state index contributed by atoms with van der Waals surface area (Å²) in [5, 5.41) is 3.66. The first-order valence-electron chi connectivity index (χ1n) is 10.4. The van der Waals surface area contributed by atoms with Gasteiger partial charge < -0.3 is 19.9 Å². The normalized spacial score (nSPS) is 19.7. The van der Waals surface area contributed by atoms with Crippen LogP contribution >= 0.6 is 0 Å². The van der Waals surface area contributed by atoms with Crippen LogP contribution in [-0.4, -0.2) is 62.7 Å². The van der Waals surface area contributed by atoms with Crippen molar-refractivity contribution in [2.45, 2.75) is 58.0 Å². The summed E-state index contributed by atoms with van der Waals surface area (Å²) in [7, 11) is 4.19. The van der Waals surface area contributed by atoms with Crippen LogP contribution in [0.15, 0.2) is 24.3 Å². The summed E-state index contributed by atoms with van der Waals surface area (Å²) >= 11 is 0. The molecule has 4 nitrogen and oxygen atoms in total. The van der Waals surface area contributed by atoms with Crippen molar-refractivity contribution >= 4 is 0 Å². The lowest BCUT2D eigenvalue weighted by molar-refractivity contribution is 0.158. The molecule has 4 heteroatoms. The number of hydrogen-bond donors (Lipinski definition) is 1. The van der Waals surface area contributed by atoms with Crippen LogP contribution in [0.25, 0.3) is 0 Å². The Balaban J connectivity index is 1.63. The van der Waals surface area contributed by atoms with E-state index in [1.54, 1.807) is 0 Å². The fraction of sp³-hybridized carbons (Fsp3) is 0.727. The van der Waals surface area contributed by atoms with Crippen molar-refractivity contribution in [2.75, 3.05) is 46.9 Å². The molecule has 2 atom stereocenters. The Morgan fingerprint density at radius 2 is 1.96 bits per heavy atom. The number of likely N-dealkylation sites (tertiary alicyclic amines) is 1. The summed E-state index contributed by atoms with van der Waals surface area (Å²) in [5.74, 6) is 0.971. The molecular weight excluding hydrogens is 322 g/mol. The van der Waals surface area contributed by atoms with Gasteiger partial charge >= 0.3 is 0 Å². The third-order valence-corrected chi connectivity index (χ3v) is 5.41. The van der Waals surface area contributed by atoms with Crippen LogP contribution in [0, 0.1) is 0 Å². The average molecular weight is 362 g/mol. The monoisotopic (exact) mass is 361 g/mol. The van der Waals surface area contributed by atoms with Crippen molar-refractivity contribution in [1.29, 1.82) is 0 Å². The number of nitrogens with one attached hydrogen (secondary N) is 1. The van der Waals surface area contributed by atoms with Crippen LogP contribution in [0.5, 0.6) is 5.75 Å². The van der Waals surface area contributed by atoms with E-state index in [4.69, 9.17) is 4.74 Å². The molecule has 1 aliphatic heterocycles. The van der Waals surface area contributed by atoms with Gasteiger partial charge in [-0.2, -0.15) is 0 Å². The van der Waals surface area contributed by atoms with Crippen LogP contribution in [0.3, 0.4) is 0 Å². The summed E-state index contributed by atoms with van der Waals surface area (Å²) in [6.45, 7) is 10.0. The van der Waals surface area contributed by atoms with Crippen molar-refractivity contribution in [1.82, 2.24) is 15.1 Å². The molecule has 0 bridgehead atoms. The lowest BCUT2D eigenvalue weighted by atomic mass is 10.0. The average Bonchev–Trinajstić information content (AvgIpc) is 2.64. The molecule has 0 aromatic heterocycles. The summed E-state index contributed by atoms with van der Waals surface area (Å²) in [6, 6.07) is 9.72. The van der Waals surface area contributed by atoms with Crippen LogP contribution in [0.4, 0.5) is 0 Å². The van der Waals surface area contributed by atoms with E-state index in [1.807, 2.05) is 0 Å². The highest BCUT2D eigenvalue weighted by Crippen LogP contribution is 2.18. The minimum atomic E-state index is 0.386. The molecule has 1 heterocycles. The van der Waals surface area contributed by atoms with E-state index in [2.05, 4.69) is 67.3 Å². The maximum Gasteiger partial charge on any atom is 0.119 e. The number of rotatable bonds is 11. The number of ether oxygens (including phenoxy) is 1. The maximum absolute atomic E-state index is 5.81. The van der Waals surface area contributed by atoms with Crippen LogP contribution in [-0.2, 0) is 0 Å². The quantitative estimate of drug-likeness (QED) is 0.604. The molecule has 0 spiro atoms. The Hall–Kier alpha value is -1.10. The SMILES string of the molecule is CC(NCCCN1CCCCC1C)c1ccc(OCCCN(C)C)cc1. The van der Waals surface area contributed by atoms with Crippen molar-refractivity contribution < 1.29 is 4.74 Å². The maximum atomic E-state index is 5.81. The van der Waals surface area contributed by atoms with Crippen LogP contribution in [0.2, 0.25) is 0 Å². The fourth-order valence-electron chi connectivity index (χ4n) is 3.63. The van der Waals surface area contributed by atoms with Gasteiger partial charge in [-0.1, -0.05) is 18.6 Å². The van der Waals surface area contributed by atoms with E-state index >= 15 is 0 Å². The molecular formula is C22H39N3O. The zero-order valence-electron chi connectivity index (χ0n) is 17.3. The van der Waals surface area contributed by atoms with E-state index < -0.39 is 0 Å². The highest BCUT2D eigenvalue weighted by Gasteiger charge is 2.17. The molecule has 0 radical (unpaired) electrons. The molecule has 1 N–H and O–H groups in total. The van der Waals surface area contributed by atoms with Gasteiger partial charge in [-0.05, 0) is 91.0 Å². The van der Waals surface area contributed by atoms with E-state index in [0.717, 1.165) is 37.9 Å². The first-order chi connectivity index (χ1) is 12.6. The van der Waals surface area contributed by atoms with Crippen LogP contribution in [0.1, 0.15) is 57.6 Å². The number of benzene rings is 1. The predicted molar refractivity (Wildman–Crippen MR) is 111 cm³/mol. The Labute approximate surface area is 160 Å². The van der Waals surface area contributed by atoms with Gasteiger partial charge in [0.25, 0.3) is 0 Å². The Morgan fingerprint density at radius 3 is 2.65 bits per heavy atom. The number of piperidine rings is 1. The Bertz CT molecular complexity index is 489. The molecule has 1 fully saturated rings. The minimum absolute atomic E-state index is 0.386. The van der Waals surface area contributed by atoms with Crippen LogP contribution < -0.4 is 10.1 Å². The van der Waals surface area contributed by atoms with Crippen molar-refractivity contribution in [3.8, 4) is 5.75 Å². The molecule has 0 aliphatic carbocycles. The van der Waals surface area contributed by atoms with Crippen molar-refractivity contribution in [2.24, 2.45) is 0 Å². The van der Waals surface area contributed by atoms with Gasteiger partial charge in [0.1, 0.15) is 5.75 Å². The lowest BCUT2D eigenvalue weighted by Gasteiger charge is -2.33. The molecule has 2 rings (SSSR count). The topological polar surface area (TPSA) is 27.7 Å². The molecule has 1 saturated heterocycles. The molecule has 1 aromatic rings. The molecule has 148 valence electrons. The highest BCUT2D eigenvalue weighted by molar-refractivity contribution is 5.28. The van der Waals surface area contributed by atoms with Gasteiger partial charge in [0, 0.05) is 18.6 Å². The summed E-state index contributed by atoms with van der Waals surface area (Å²) < 4.78 is 5.81. The number of nitrogens with zero attached hydrogens (tertiary/aromatic N) is 2. The molecule has 0 saturated carbocycles. The van der Waals surface area contributed by atoms with E-state index in [1.165, 1.54) is 44.3 Å². The van der Waals surface area contributed by atoms with Gasteiger partial charge in [0.05, 0.1) is 6.61 Å². The molecule has 26 heavy (non-hydrogen) atoms. The number of hydrogen-bond acceptors (Lipinski definition) is 4. The summed E-state index contributed by atoms with van der Waals surface area (Å²) in [5.41, 5.74) is 1.33. The summed E-state index contributed by atoms with van der Waals surface area (Å²) in [4.78, 5) is 4.84. The smallest absolute Gasteiger partial charge is 0.119 e. The standard InChI is InChI=1S/C22H39N3O/c1-19-9-5-6-16-25(19)17-7-14-23-20(2)21-10-12-22(13-11-21)26-18-8-15-24(3)4/h10-13,19-20,23H,5-9,14-18H2,1-4H3. The third kappa shape index (κ3) is 7.65. The second kappa shape index (κ2) is 11.6. The first kappa shape index (κ1) is 21.2. The molecule has 1 aliphatic rings. The zero-order chi connectivity index (χ0) is 18.8.